The van der Waals surface area contributed by atoms with E-state index in [1.54, 1.807) is 6.07 Å². The quantitative estimate of drug-likeness (QED) is 0.467. The first-order chi connectivity index (χ1) is 19.0. The van der Waals surface area contributed by atoms with Crippen molar-refractivity contribution in [3.8, 4) is 11.3 Å². The summed E-state index contributed by atoms with van der Waals surface area (Å²) in [5.74, 6) is -0.225. The summed E-state index contributed by atoms with van der Waals surface area (Å²) < 4.78 is 3.85. The predicted molar refractivity (Wildman–Crippen MR) is 150 cm³/mol. The lowest BCUT2D eigenvalue weighted by Gasteiger charge is -2.32. The number of anilines is 1. The van der Waals surface area contributed by atoms with Crippen LogP contribution in [0.5, 0.6) is 0 Å². The normalized spacial score (nSPS) is 20.1. The molecule has 1 saturated heterocycles. The molecular formula is C28H41N9O2. The van der Waals surface area contributed by atoms with Gasteiger partial charge in [-0.15, -0.1) is 0 Å². The van der Waals surface area contributed by atoms with Gasteiger partial charge in [0.25, 0.3) is 5.91 Å². The molecule has 5 heterocycles. The zero-order valence-corrected chi connectivity index (χ0v) is 23.1. The number of amides is 1. The maximum atomic E-state index is 13.2. The lowest BCUT2D eigenvalue weighted by molar-refractivity contribution is 0.0946. The van der Waals surface area contributed by atoms with Gasteiger partial charge in [-0.2, -0.15) is 10.2 Å². The summed E-state index contributed by atoms with van der Waals surface area (Å²) in [4.78, 5) is 22.6. The molecule has 1 fully saturated rings. The van der Waals surface area contributed by atoms with Gasteiger partial charge in [-0.3, -0.25) is 14.2 Å². The first kappa shape index (κ1) is 27.3. The molecule has 2 aliphatic heterocycles. The second kappa shape index (κ2) is 12.7. The third-order valence-corrected chi connectivity index (χ3v) is 7.61. The van der Waals surface area contributed by atoms with Crippen molar-refractivity contribution in [3.63, 3.8) is 0 Å². The summed E-state index contributed by atoms with van der Waals surface area (Å²) in [6.07, 6.45) is 10.5. The first-order valence-electron chi connectivity index (χ1n) is 14.1. The van der Waals surface area contributed by atoms with Gasteiger partial charge < -0.3 is 25.5 Å². The number of nitrogens with one attached hydrogen (secondary N) is 2. The molecule has 4 bridgehead atoms. The lowest BCUT2D eigenvalue weighted by atomic mass is 10.1. The number of aliphatic hydroxyl groups is 1. The Morgan fingerprint density at radius 2 is 1.90 bits per heavy atom. The highest BCUT2D eigenvalue weighted by Crippen LogP contribution is 2.27. The Hall–Kier alpha value is -3.28. The molecule has 0 aliphatic carbocycles. The zero-order chi connectivity index (χ0) is 27.2. The van der Waals surface area contributed by atoms with Crippen LogP contribution in [0.2, 0.25) is 0 Å². The molecule has 5 rings (SSSR count). The van der Waals surface area contributed by atoms with E-state index in [0.29, 0.717) is 23.6 Å². The highest BCUT2D eigenvalue weighted by atomic mass is 16.3. The summed E-state index contributed by atoms with van der Waals surface area (Å²) >= 11 is 0. The van der Waals surface area contributed by atoms with Crippen LogP contribution in [0.1, 0.15) is 67.0 Å². The van der Waals surface area contributed by atoms with E-state index in [2.05, 4.69) is 44.6 Å². The molecule has 3 N–H and O–H groups in total. The maximum Gasteiger partial charge on any atom is 0.273 e. The molecule has 11 heteroatoms. The van der Waals surface area contributed by atoms with Crippen LogP contribution in [0.15, 0.2) is 36.8 Å². The number of aliphatic hydroxyl groups excluding tert-OH is 1. The zero-order valence-electron chi connectivity index (χ0n) is 23.1. The number of pyridine rings is 1. The number of carbonyl (C=O) groups excluding carboxylic acids is 1. The Morgan fingerprint density at radius 3 is 2.72 bits per heavy atom. The van der Waals surface area contributed by atoms with Crippen molar-refractivity contribution in [1.82, 2.24) is 39.7 Å². The van der Waals surface area contributed by atoms with Gasteiger partial charge in [0.05, 0.1) is 29.3 Å². The van der Waals surface area contributed by atoms with Gasteiger partial charge in [0.1, 0.15) is 0 Å². The van der Waals surface area contributed by atoms with Crippen molar-refractivity contribution in [2.24, 2.45) is 0 Å². The van der Waals surface area contributed by atoms with E-state index in [0.717, 1.165) is 82.5 Å². The van der Waals surface area contributed by atoms with Crippen molar-refractivity contribution in [1.29, 1.82) is 0 Å². The number of fused-ring (bicyclic) bond motifs is 6. The second-order valence-electron chi connectivity index (χ2n) is 10.9. The third kappa shape index (κ3) is 7.03. The summed E-state index contributed by atoms with van der Waals surface area (Å²) in [7, 11) is 4.20. The van der Waals surface area contributed by atoms with Crippen LogP contribution >= 0.6 is 0 Å². The van der Waals surface area contributed by atoms with E-state index in [4.69, 9.17) is 5.10 Å². The lowest BCUT2D eigenvalue weighted by Crippen LogP contribution is -2.38. The number of nitrogens with zero attached hydrogens (tertiary/aromatic N) is 7. The highest BCUT2D eigenvalue weighted by Gasteiger charge is 2.26. The summed E-state index contributed by atoms with van der Waals surface area (Å²) in [5, 5.41) is 26.5. The van der Waals surface area contributed by atoms with E-state index in [1.165, 1.54) is 0 Å². The predicted octanol–water partition coefficient (Wildman–Crippen LogP) is 2.75. The standard InChI is InChI=1S/C28H41N9O2/c1-34(2)16-17-35-14-10-22(11-15-35)37-20-25-26(33-37)28(39)29-12-5-3-4-6-13-36-19-21(18-30-36)23-8-7-9-24(31-23)27(38)32-25/h7-9,18-20,22,27,32,38H,3-6,10-17H2,1-2H3,(H,29,39). The van der Waals surface area contributed by atoms with E-state index in [1.807, 2.05) is 40.1 Å². The van der Waals surface area contributed by atoms with E-state index in [-0.39, 0.29) is 11.9 Å². The van der Waals surface area contributed by atoms with Crippen LogP contribution in [0.4, 0.5) is 5.69 Å². The minimum atomic E-state index is -1.10. The minimum Gasteiger partial charge on any atom is -0.368 e. The minimum absolute atomic E-state index is 0.208. The van der Waals surface area contributed by atoms with E-state index >= 15 is 0 Å². The van der Waals surface area contributed by atoms with Gasteiger partial charge in [-0.25, -0.2) is 4.98 Å². The fourth-order valence-electron chi connectivity index (χ4n) is 5.24. The molecule has 3 aromatic rings. The average molecular weight is 536 g/mol. The Balaban J connectivity index is 1.36. The number of hydrogen-bond donors (Lipinski definition) is 3. The molecule has 0 saturated carbocycles. The summed E-state index contributed by atoms with van der Waals surface area (Å²) in [5.41, 5.74) is 2.94. The Kier molecular flexibility index (Phi) is 8.90. The van der Waals surface area contributed by atoms with Crippen LogP contribution < -0.4 is 10.6 Å². The molecule has 0 aromatic carbocycles. The van der Waals surface area contributed by atoms with Gasteiger partial charge >= 0.3 is 0 Å². The molecule has 2 aliphatic rings. The van der Waals surface area contributed by atoms with Crippen molar-refractivity contribution in [3.05, 3.63) is 48.2 Å². The Labute approximate surface area is 230 Å². The molecule has 0 radical (unpaired) electrons. The third-order valence-electron chi connectivity index (χ3n) is 7.61. The molecule has 1 amide bonds. The van der Waals surface area contributed by atoms with Crippen LogP contribution in [-0.4, -0.2) is 92.2 Å². The van der Waals surface area contributed by atoms with E-state index in [9.17, 15) is 9.90 Å². The molecule has 3 aromatic heterocycles. The average Bonchev–Trinajstić information content (AvgIpc) is 3.59. The largest absolute Gasteiger partial charge is 0.368 e. The number of piperidine rings is 1. The van der Waals surface area contributed by atoms with Gasteiger partial charge in [-0.05, 0) is 51.9 Å². The van der Waals surface area contributed by atoms with Crippen molar-refractivity contribution in [2.75, 3.05) is 52.1 Å². The number of likely N-dealkylation sites (tertiary alicyclic amines) is 1. The monoisotopic (exact) mass is 535 g/mol. The number of hydrogen-bond acceptors (Lipinski definition) is 8. The van der Waals surface area contributed by atoms with Gasteiger partial charge in [0, 0.05) is 57.2 Å². The molecule has 11 nitrogen and oxygen atoms in total. The number of likely N-dealkylation sites (N-methyl/N-ethyl adjacent to an activating group) is 1. The van der Waals surface area contributed by atoms with Crippen molar-refractivity contribution >= 4 is 11.6 Å². The van der Waals surface area contributed by atoms with Gasteiger partial charge in [0.15, 0.2) is 11.9 Å². The fourth-order valence-corrected chi connectivity index (χ4v) is 5.24. The van der Waals surface area contributed by atoms with Crippen LogP contribution in [0.3, 0.4) is 0 Å². The molecule has 1 atom stereocenters. The topological polar surface area (TPSA) is 116 Å². The number of aromatic nitrogens is 5. The first-order valence-corrected chi connectivity index (χ1v) is 14.1. The molecular weight excluding hydrogens is 494 g/mol. The molecule has 1 unspecified atom stereocenters. The second-order valence-corrected chi connectivity index (χ2v) is 10.9. The van der Waals surface area contributed by atoms with Crippen LogP contribution in [0.25, 0.3) is 11.3 Å². The van der Waals surface area contributed by atoms with Crippen LogP contribution in [-0.2, 0) is 6.54 Å². The Bertz CT molecular complexity index is 1230. The molecule has 210 valence electrons. The number of aryl methyl sites for hydroxylation is 1. The maximum absolute atomic E-state index is 13.2. The fraction of sp³-hybridized carbons (Fsp3) is 0.571. The smallest absolute Gasteiger partial charge is 0.273 e. The summed E-state index contributed by atoms with van der Waals surface area (Å²) in [6, 6.07) is 5.77. The highest BCUT2D eigenvalue weighted by molar-refractivity contribution is 5.97. The number of rotatable bonds is 4. The van der Waals surface area contributed by atoms with Gasteiger partial charge in [-0.1, -0.05) is 18.9 Å². The number of carbonyl (C=O) groups is 1. The molecule has 39 heavy (non-hydrogen) atoms. The SMILES string of the molecule is CN(C)CCN1CCC(n2cc3c(n2)C(=O)NCCCCCCn2cc(cn2)-c2cccc(n2)C(O)N3)CC1. The van der Waals surface area contributed by atoms with Gasteiger partial charge in [0.2, 0.25) is 0 Å². The van der Waals surface area contributed by atoms with E-state index < -0.39 is 6.23 Å². The van der Waals surface area contributed by atoms with Crippen molar-refractivity contribution < 1.29 is 9.90 Å². The van der Waals surface area contributed by atoms with Crippen molar-refractivity contribution in [2.45, 2.75) is 57.3 Å². The summed E-state index contributed by atoms with van der Waals surface area (Å²) in [6.45, 7) is 5.52. The molecule has 0 spiro atoms. The van der Waals surface area contributed by atoms with Crippen LogP contribution in [0, 0.1) is 0 Å². The Morgan fingerprint density at radius 1 is 1.08 bits per heavy atom.